The Kier molecular flexibility index (Phi) is 7.51. The fourth-order valence-corrected chi connectivity index (χ4v) is 3.45. The minimum absolute atomic E-state index is 0. The van der Waals surface area contributed by atoms with E-state index in [2.05, 4.69) is 22.0 Å². The third-order valence-electron chi connectivity index (χ3n) is 4.93. The Hall–Kier alpha value is -0.610. The van der Waals surface area contributed by atoms with Crippen molar-refractivity contribution in [3.8, 4) is 0 Å². The van der Waals surface area contributed by atoms with Gasteiger partial charge in [0.25, 0.3) is 0 Å². The van der Waals surface area contributed by atoms with Crippen molar-refractivity contribution in [2.45, 2.75) is 64.3 Å². The Morgan fingerprint density at radius 1 is 1.14 bits per heavy atom. The number of unbranched alkanes of at least 4 members (excludes halogenated alkanes) is 1. The fourth-order valence-electron chi connectivity index (χ4n) is 3.45. The van der Waals surface area contributed by atoms with Gasteiger partial charge in [0.05, 0.1) is 0 Å². The fraction of sp³-hybridized carbons (Fsp3) is 0.941. The van der Waals surface area contributed by atoms with Crippen molar-refractivity contribution in [1.82, 2.24) is 15.1 Å². The van der Waals surface area contributed by atoms with Crippen molar-refractivity contribution in [3.63, 3.8) is 0 Å². The summed E-state index contributed by atoms with van der Waals surface area (Å²) in [6.45, 7) is 8.25. The van der Waals surface area contributed by atoms with E-state index < -0.39 is 0 Å². The first-order chi connectivity index (χ1) is 10.3. The molecule has 4 nitrogen and oxygen atoms in total. The van der Waals surface area contributed by atoms with Crippen LogP contribution in [0.3, 0.4) is 0 Å². The highest BCUT2D eigenvalue weighted by Crippen LogP contribution is 2.17. The Balaban J connectivity index is 0.00000242. The maximum absolute atomic E-state index is 12.2. The molecule has 124 valence electrons. The summed E-state index contributed by atoms with van der Waals surface area (Å²) in [6, 6.07) is 0.664. The number of carbonyl (C=O) groups is 1. The largest absolute Gasteiger partial charge is 0.340 e. The van der Waals surface area contributed by atoms with Gasteiger partial charge in [-0.2, -0.15) is 0 Å². The second-order valence-electron chi connectivity index (χ2n) is 6.62. The molecule has 1 aliphatic heterocycles. The summed E-state index contributed by atoms with van der Waals surface area (Å²) >= 11 is 0. The van der Waals surface area contributed by atoms with E-state index in [1.54, 1.807) is 0 Å². The van der Waals surface area contributed by atoms with Crippen LogP contribution in [0.15, 0.2) is 0 Å². The van der Waals surface area contributed by atoms with Crippen LogP contribution >= 0.6 is 0 Å². The van der Waals surface area contributed by atoms with Crippen molar-refractivity contribution in [1.29, 1.82) is 0 Å². The van der Waals surface area contributed by atoms with Crippen molar-refractivity contribution in [2.75, 3.05) is 39.3 Å². The van der Waals surface area contributed by atoms with Gasteiger partial charge in [-0.25, -0.2) is 0 Å². The maximum atomic E-state index is 12.2. The minimum atomic E-state index is 0. The van der Waals surface area contributed by atoms with Gasteiger partial charge in [-0.15, -0.1) is 0 Å². The quantitative estimate of drug-likeness (QED) is 0.784. The number of nitrogens with one attached hydrogen (secondary N) is 1. The Morgan fingerprint density at radius 3 is 2.52 bits per heavy atom. The third-order valence-corrected chi connectivity index (χ3v) is 4.93. The van der Waals surface area contributed by atoms with E-state index in [9.17, 15) is 4.79 Å². The summed E-state index contributed by atoms with van der Waals surface area (Å²) < 4.78 is 0. The van der Waals surface area contributed by atoms with E-state index in [4.69, 9.17) is 0 Å². The van der Waals surface area contributed by atoms with Gasteiger partial charge in [-0.1, -0.05) is 32.6 Å². The monoisotopic (exact) mass is 297 g/mol. The Labute approximate surface area is 131 Å². The summed E-state index contributed by atoms with van der Waals surface area (Å²) in [4.78, 5) is 16.8. The predicted molar refractivity (Wildman–Crippen MR) is 89.5 cm³/mol. The predicted octanol–water partition coefficient (Wildman–Crippen LogP) is 2.49. The van der Waals surface area contributed by atoms with Crippen LogP contribution in [0.2, 0.25) is 0 Å². The van der Waals surface area contributed by atoms with E-state index in [-0.39, 0.29) is 1.43 Å². The average Bonchev–Trinajstić information content (AvgIpc) is 2.54. The second-order valence-corrected chi connectivity index (χ2v) is 6.62. The lowest BCUT2D eigenvalue weighted by Gasteiger charge is -2.35. The van der Waals surface area contributed by atoms with Crippen molar-refractivity contribution >= 4 is 5.91 Å². The number of carbonyl (C=O) groups excluding carboxylic acids is 1. The first-order valence-electron chi connectivity index (χ1n) is 9.03. The van der Waals surface area contributed by atoms with E-state index >= 15 is 0 Å². The molecule has 0 atom stereocenters. The second kappa shape index (κ2) is 9.42. The van der Waals surface area contributed by atoms with Crippen LogP contribution in [0, 0.1) is 0 Å². The van der Waals surface area contributed by atoms with Gasteiger partial charge < -0.3 is 10.2 Å². The van der Waals surface area contributed by atoms with Crippen LogP contribution in [-0.4, -0.2) is 61.0 Å². The summed E-state index contributed by atoms with van der Waals surface area (Å²) in [5.41, 5.74) is 0. The number of rotatable bonds is 7. The first kappa shape index (κ1) is 16.8. The molecule has 0 bridgehead atoms. The van der Waals surface area contributed by atoms with Gasteiger partial charge in [0, 0.05) is 46.6 Å². The van der Waals surface area contributed by atoms with E-state index in [1.165, 1.54) is 51.5 Å². The zero-order chi connectivity index (χ0) is 14.9. The Bertz CT molecular complexity index is 300. The van der Waals surface area contributed by atoms with Crippen LogP contribution in [0.25, 0.3) is 0 Å². The highest BCUT2D eigenvalue weighted by atomic mass is 16.2. The molecule has 21 heavy (non-hydrogen) atoms. The molecule has 2 fully saturated rings. The molecule has 0 radical (unpaired) electrons. The molecular formula is C17H35N3O. The van der Waals surface area contributed by atoms with Gasteiger partial charge in [0.1, 0.15) is 0 Å². The maximum Gasteiger partial charge on any atom is 0.223 e. The van der Waals surface area contributed by atoms with Gasteiger partial charge in [0.15, 0.2) is 0 Å². The van der Waals surface area contributed by atoms with Gasteiger partial charge in [-0.05, 0) is 25.8 Å². The van der Waals surface area contributed by atoms with E-state index in [0.717, 1.165) is 32.7 Å². The van der Waals surface area contributed by atoms with Crippen LogP contribution in [0.5, 0.6) is 0 Å². The van der Waals surface area contributed by atoms with Gasteiger partial charge in [-0.3, -0.25) is 9.69 Å². The summed E-state index contributed by atoms with van der Waals surface area (Å²) in [6.07, 6.45) is 9.89. The number of hydrogen-bond acceptors (Lipinski definition) is 3. The molecule has 1 N–H and O–H groups in total. The SMILES string of the molecule is CCCCN1CCN(C(=O)CCNC2CCCCC2)CC1.[HH]. The smallest absolute Gasteiger partial charge is 0.223 e. The number of piperazine rings is 1. The zero-order valence-corrected chi connectivity index (χ0v) is 13.8. The molecule has 4 heteroatoms. The lowest BCUT2D eigenvalue weighted by molar-refractivity contribution is -0.132. The lowest BCUT2D eigenvalue weighted by atomic mass is 9.95. The standard InChI is InChI=1S/C17H33N3O.H2/c1-2-3-11-19-12-14-20(15-13-19)17(21)9-10-18-16-7-5-4-6-8-16;/h16,18H,2-15H2,1H3;1H. The topological polar surface area (TPSA) is 35.6 Å². The molecule has 1 saturated carbocycles. The highest BCUT2D eigenvalue weighted by molar-refractivity contribution is 5.76. The molecule has 1 saturated heterocycles. The molecule has 1 heterocycles. The Morgan fingerprint density at radius 2 is 1.86 bits per heavy atom. The number of hydrogen-bond donors (Lipinski definition) is 1. The number of nitrogens with zero attached hydrogens (tertiary/aromatic N) is 2. The molecule has 1 aliphatic carbocycles. The molecule has 1 amide bonds. The molecular weight excluding hydrogens is 262 g/mol. The van der Waals surface area contributed by atoms with E-state index in [0.29, 0.717) is 18.4 Å². The van der Waals surface area contributed by atoms with Crippen molar-refractivity contribution in [3.05, 3.63) is 0 Å². The molecule has 2 aliphatic rings. The van der Waals surface area contributed by atoms with Crippen molar-refractivity contribution < 1.29 is 6.22 Å². The summed E-state index contributed by atoms with van der Waals surface area (Å²) in [7, 11) is 0. The summed E-state index contributed by atoms with van der Waals surface area (Å²) in [5.74, 6) is 0.341. The average molecular weight is 297 g/mol. The summed E-state index contributed by atoms with van der Waals surface area (Å²) in [5, 5.41) is 3.57. The van der Waals surface area contributed by atoms with Crippen LogP contribution in [-0.2, 0) is 4.79 Å². The first-order valence-corrected chi connectivity index (χ1v) is 9.03. The normalized spacial score (nSPS) is 21.7. The highest BCUT2D eigenvalue weighted by Gasteiger charge is 2.20. The zero-order valence-electron chi connectivity index (χ0n) is 13.8. The lowest BCUT2D eigenvalue weighted by Crippen LogP contribution is -2.49. The molecule has 0 spiro atoms. The molecule has 0 aromatic heterocycles. The third kappa shape index (κ3) is 5.95. The van der Waals surface area contributed by atoms with Gasteiger partial charge in [0.2, 0.25) is 5.91 Å². The number of amides is 1. The molecule has 2 rings (SSSR count). The van der Waals surface area contributed by atoms with Crippen LogP contribution in [0.1, 0.15) is 59.7 Å². The molecule has 0 aromatic rings. The van der Waals surface area contributed by atoms with Gasteiger partial charge >= 0.3 is 0 Å². The van der Waals surface area contributed by atoms with Crippen molar-refractivity contribution in [2.24, 2.45) is 0 Å². The minimum Gasteiger partial charge on any atom is -0.340 e. The van der Waals surface area contributed by atoms with Crippen LogP contribution in [0.4, 0.5) is 0 Å². The molecule has 0 aromatic carbocycles. The molecule has 0 unspecified atom stereocenters. The van der Waals surface area contributed by atoms with E-state index in [1.807, 2.05) is 0 Å². The van der Waals surface area contributed by atoms with Crippen LogP contribution < -0.4 is 5.32 Å².